The van der Waals surface area contributed by atoms with Gasteiger partial charge in [-0.2, -0.15) is 4.31 Å². The van der Waals surface area contributed by atoms with Crippen molar-refractivity contribution in [1.29, 1.82) is 0 Å². The molecule has 2 aliphatic rings. The molecule has 0 amide bonds. The molecule has 1 radical (unpaired) electrons. The number of fused-ring (bicyclic) bond motifs is 2. The topological polar surface area (TPSA) is 60.5 Å². The van der Waals surface area contributed by atoms with Gasteiger partial charge in [0.05, 0.1) is 16.0 Å². The quantitative estimate of drug-likeness (QED) is 0.774. The van der Waals surface area contributed by atoms with Crippen molar-refractivity contribution >= 4 is 10.0 Å². The molecule has 1 heterocycles. The number of hydroxylamine groups is 2. The molecule has 1 aliphatic carbocycles. The third kappa shape index (κ3) is 2.99. The molecule has 2 aromatic carbocycles. The van der Waals surface area contributed by atoms with Gasteiger partial charge in [-0.05, 0) is 63.3 Å². The molecule has 0 unspecified atom stereocenters. The molecular weight excluding hydrogens is 372 g/mol. The van der Waals surface area contributed by atoms with Crippen molar-refractivity contribution in [2.75, 3.05) is 13.1 Å². The molecule has 0 saturated carbocycles. The summed E-state index contributed by atoms with van der Waals surface area (Å²) in [4.78, 5) is 0.285. The summed E-state index contributed by atoms with van der Waals surface area (Å²) in [5.41, 5.74) is 1.49. The summed E-state index contributed by atoms with van der Waals surface area (Å²) < 4.78 is 28.4. The molecule has 28 heavy (non-hydrogen) atoms. The molecule has 0 aromatic heterocycles. The lowest BCUT2D eigenvalue weighted by molar-refractivity contribution is -0.306. The number of piperazine rings is 1. The van der Waals surface area contributed by atoms with E-state index in [1.54, 1.807) is 12.1 Å². The van der Waals surface area contributed by atoms with E-state index in [4.69, 9.17) is 0 Å². The fourth-order valence-corrected chi connectivity index (χ4v) is 6.44. The number of hydrogen-bond donors (Lipinski definition) is 0. The third-order valence-corrected chi connectivity index (χ3v) is 7.96. The first-order valence-electron chi connectivity index (χ1n) is 9.80. The molecule has 5 nitrogen and oxygen atoms in total. The van der Waals surface area contributed by atoms with Crippen LogP contribution < -0.4 is 0 Å². The molecule has 0 bridgehead atoms. The van der Waals surface area contributed by atoms with Gasteiger partial charge in [0.2, 0.25) is 10.0 Å². The fraction of sp³-hybridized carbons (Fsp3) is 0.455. The lowest BCUT2D eigenvalue weighted by Gasteiger charge is -2.55. The second-order valence-electron chi connectivity index (χ2n) is 8.74. The molecule has 0 N–H and O–H groups in total. The molecule has 1 aliphatic heterocycles. The normalized spacial score (nSPS) is 25.6. The van der Waals surface area contributed by atoms with Crippen LogP contribution >= 0.6 is 0 Å². The van der Waals surface area contributed by atoms with Crippen LogP contribution in [0.2, 0.25) is 0 Å². The van der Waals surface area contributed by atoms with Crippen molar-refractivity contribution in [3.63, 3.8) is 0 Å². The van der Waals surface area contributed by atoms with Gasteiger partial charge in [-0.3, -0.25) is 0 Å². The maximum Gasteiger partial charge on any atom is 0.243 e. The summed E-state index contributed by atoms with van der Waals surface area (Å²) in [6.07, 6.45) is 2.47. The summed E-state index contributed by atoms with van der Waals surface area (Å²) in [7, 11) is -3.68. The fourth-order valence-electron chi connectivity index (χ4n) is 4.79. The summed E-state index contributed by atoms with van der Waals surface area (Å²) >= 11 is 0. The van der Waals surface area contributed by atoms with Crippen molar-refractivity contribution in [3.05, 3.63) is 65.2 Å². The molecular formula is C22H27N2O3S. The van der Waals surface area contributed by atoms with Gasteiger partial charge in [0.1, 0.15) is 0 Å². The molecule has 1 fully saturated rings. The standard InChI is InChI=1S/C22H27N2O3S/c1-17-10-12-19(13-11-17)28(26,27)23-15-21(2,3)24(25)22(16-23)14-6-8-18-7-4-5-9-20(18)22/h4-5,7,9-13H,6,8,14-16H2,1-3H3/t22-/m0/s1. The maximum absolute atomic E-state index is 13.5. The number of rotatable bonds is 2. The van der Waals surface area contributed by atoms with Gasteiger partial charge in [0.15, 0.2) is 0 Å². The highest BCUT2D eigenvalue weighted by Crippen LogP contribution is 2.47. The van der Waals surface area contributed by atoms with Crippen LogP contribution in [0.5, 0.6) is 0 Å². The van der Waals surface area contributed by atoms with E-state index in [0.717, 1.165) is 29.5 Å². The van der Waals surface area contributed by atoms with Gasteiger partial charge in [-0.1, -0.05) is 42.0 Å². The highest BCUT2D eigenvalue weighted by molar-refractivity contribution is 7.89. The Morgan fingerprint density at radius 2 is 1.64 bits per heavy atom. The second kappa shape index (κ2) is 6.66. The molecule has 1 saturated heterocycles. The van der Waals surface area contributed by atoms with Crippen molar-refractivity contribution in [1.82, 2.24) is 9.37 Å². The van der Waals surface area contributed by atoms with Crippen molar-refractivity contribution in [3.8, 4) is 0 Å². The maximum atomic E-state index is 13.5. The van der Waals surface area contributed by atoms with Gasteiger partial charge in [0.25, 0.3) is 0 Å². The lowest BCUT2D eigenvalue weighted by atomic mass is 9.73. The largest absolute Gasteiger partial charge is 0.243 e. The minimum absolute atomic E-state index is 0.177. The zero-order chi connectivity index (χ0) is 20.2. The number of aryl methyl sites for hydroxylation is 2. The first-order chi connectivity index (χ1) is 13.2. The Hall–Kier alpha value is -1.73. The minimum Gasteiger partial charge on any atom is -0.207 e. The molecule has 2 aromatic rings. The Kier molecular flexibility index (Phi) is 4.66. The number of nitrogens with zero attached hydrogens (tertiary/aromatic N) is 2. The summed E-state index contributed by atoms with van der Waals surface area (Å²) in [5, 5.41) is 14.7. The predicted molar refractivity (Wildman–Crippen MR) is 108 cm³/mol. The van der Waals surface area contributed by atoms with E-state index in [1.807, 2.05) is 51.1 Å². The summed E-state index contributed by atoms with van der Waals surface area (Å²) in [6, 6.07) is 14.9. The molecule has 1 spiro atoms. The zero-order valence-corrected chi connectivity index (χ0v) is 17.5. The van der Waals surface area contributed by atoms with Crippen LogP contribution in [-0.2, 0) is 27.2 Å². The highest BCUT2D eigenvalue weighted by Gasteiger charge is 2.55. The number of hydrogen-bond acceptors (Lipinski definition) is 3. The highest BCUT2D eigenvalue weighted by atomic mass is 32.2. The lowest BCUT2D eigenvalue weighted by Crippen LogP contribution is -2.68. The Morgan fingerprint density at radius 3 is 2.36 bits per heavy atom. The monoisotopic (exact) mass is 399 g/mol. The number of benzene rings is 2. The van der Waals surface area contributed by atoms with E-state index in [2.05, 4.69) is 6.07 Å². The summed E-state index contributed by atoms with van der Waals surface area (Å²) in [5.74, 6) is 0. The summed E-state index contributed by atoms with van der Waals surface area (Å²) in [6.45, 7) is 5.99. The molecule has 1 atom stereocenters. The smallest absolute Gasteiger partial charge is 0.207 e. The van der Waals surface area contributed by atoms with Gasteiger partial charge in [-0.25, -0.2) is 8.42 Å². The average molecular weight is 400 g/mol. The van der Waals surface area contributed by atoms with Crippen LogP contribution in [0.15, 0.2) is 53.4 Å². The first kappa shape index (κ1) is 19.6. The second-order valence-corrected chi connectivity index (χ2v) is 10.7. The van der Waals surface area contributed by atoms with Crippen LogP contribution in [0.4, 0.5) is 0 Å². The zero-order valence-electron chi connectivity index (χ0n) is 16.7. The Balaban J connectivity index is 1.82. The van der Waals surface area contributed by atoms with E-state index >= 15 is 0 Å². The Labute approximate surface area is 167 Å². The number of sulfonamides is 1. The van der Waals surface area contributed by atoms with Crippen molar-refractivity contribution < 1.29 is 13.6 Å². The van der Waals surface area contributed by atoms with E-state index in [1.165, 1.54) is 9.37 Å². The van der Waals surface area contributed by atoms with Crippen LogP contribution in [0.3, 0.4) is 0 Å². The van der Waals surface area contributed by atoms with Crippen molar-refractivity contribution in [2.24, 2.45) is 0 Å². The van der Waals surface area contributed by atoms with Crippen LogP contribution in [0.1, 0.15) is 43.4 Å². The van der Waals surface area contributed by atoms with E-state index in [9.17, 15) is 13.6 Å². The van der Waals surface area contributed by atoms with Gasteiger partial charge < -0.3 is 0 Å². The van der Waals surface area contributed by atoms with Crippen LogP contribution in [-0.4, -0.2) is 36.4 Å². The van der Waals surface area contributed by atoms with Gasteiger partial charge in [0, 0.05) is 13.1 Å². The SMILES string of the molecule is Cc1ccc(S(=O)(=O)N2CC(C)(C)N([O])[C@@]3(CCCc4ccccc43)C2)cc1. The Bertz CT molecular complexity index is 985. The molecule has 149 valence electrons. The van der Waals surface area contributed by atoms with Crippen LogP contribution in [0.25, 0.3) is 0 Å². The van der Waals surface area contributed by atoms with Crippen LogP contribution in [0, 0.1) is 6.92 Å². The predicted octanol–water partition coefficient (Wildman–Crippen LogP) is 3.66. The minimum atomic E-state index is -3.68. The molecule has 4 rings (SSSR count). The van der Waals surface area contributed by atoms with E-state index < -0.39 is 21.1 Å². The Morgan fingerprint density at radius 1 is 0.964 bits per heavy atom. The third-order valence-electron chi connectivity index (χ3n) is 6.15. The van der Waals surface area contributed by atoms with E-state index in [-0.39, 0.29) is 18.0 Å². The van der Waals surface area contributed by atoms with Crippen molar-refractivity contribution in [2.45, 2.75) is 56.0 Å². The van der Waals surface area contributed by atoms with E-state index in [0.29, 0.717) is 6.42 Å². The average Bonchev–Trinajstić information content (AvgIpc) is 2.66. The molecule has 6 heteroatoms. The van der Waals surface area contributed by atoms with Gasteiger partial charge >= 0.3 is 0 Å². The first-order valence-corrected chi connectivity index (χ1v) is 11.2. The van der Waals surface area contributed by atoms with Gasteiger partial charge in [-0.15, -0.1) is 10.3 Å².